The predicted octanol–water partition coefficient (Wildman–Crippen LogP) is 9.79. The Balaban J connectivity index is 1.31. The molecular formula is C38H29N3S. The second-order valence-corrected chi connectivity index (χ2v) is 11.5. The Morgan fingerprint density at radius 2 is 1.31 bits per heavy atom. The lowest BCUT2D eigenvalue weighted by molar-refractivity contribution is 0.827. The van der Waals surface area contributed by atoms with Crippen molar-refractivity contribution in [2.24, 2.45) is 15.7 Å². The highest BCUT2D eigenvalue weighted by molar-refractivity contribution is 7.25. The molecule has 1 atom stereocenters. The summed E-state index contributed by atoms with van der Waals surface area (Å²) in [5.74, 6) is 1.06. The maximum atomic E-state index is 6.54. The average Bonchev–Trinajstić information content (AvgIpc) is 3.43. The maximum absolute atomic E-state index is 6.54. The van der Waals surface area contributed by atoms with E-state index in [0.717, 1.165) is 16.7 Å². The predicted molar refractivity (Wildman–Crippen MR) is 181 cm³/mol. The van der Waals surface area contributed by atoms with Gasteiger partial charge >= 0.3 is 0 Å². The van der Waals surface area contributed by atoms with Crippen LogP contribution in [0.2, 0.25) is 0 Å². The number of thiophene rings is 1. The molecule has 3 nitrogen and oxygen atoms in total. The molecule has 0 bridgehead atoms. The van der Waals surface area contributed by atoms with E-state index in [1.165, 1.54) is 42.1 Å². The monoisotopic (exact) mass is 559 g/mol. The Labute approximate surface area is 249 Å². The molecule has 1 aromatic heterocycles. The van der Waals surface area contributed by atoms with Crippen LogP contribution in [-0.2, 0) is 0 Å². The molecule has 7 aromatic rings. The van der Waals surface area contributed by atoms with Gasteiger partial charge in [-0.3, -0.25) is 4.99 Å². The molecule has 6 aromatic carbocycles. The molecule has 0 amide bonds. The summed E-state index contributed by atoms with van der Waals surface area (Å²) in [7, 11) is 0. The van der Waals surface area contributed by atoms with Crippen LogP contribution < -0.4 is 5.73 Å². The topological polar surface area (TPSA) is 50.7 Å². The van der Waals surface area contributed by atoms with Gasteiger partial charge in [0.05, 0.1) is 6.04 Å². The first-order chi connectivity index (χ1) is 20.6. The molecule has 0 aliphatic carbocycles. The lowest BCUT2D eigenvalue weighted by Crippen LogP contribution is -2.16. The first kappa shape index (κ1) is 25.9. The first-order valence-electron chi connectivity index (χ1n) is 14.1. The van der Waals surface area contributed by atoms with E-state index in [1.807, 2.05) is 41.7 Å². The first-order valence-corrected chi connectivity index (χ1v) is 14.9. The minimum atomic E-state index is -0.130. The second-order valence-electron chi connectivity index (χ2n) is 10.4. The minimum absolute atomic E-state index is 0.130. The SMILES string of the molecule is CC(N=C(N=C(N)c1ccccc1)c1ccc(-c2ccc3ccccc3c2)cc1)c1cccc2sc3ccccc3c12. The summed E-state index contributed by atoms with van der Waals surface area (Å²) in [6, 6.07) is 48.3. The van der Waals surface area contributed by atoms with E-state index in [-0.39, 0.29) is 6.04 Å². The molecule has 202 valence electrons. The molecule has 0 radical (unpaired) electrons. The number of fused-ring (bicyclic) bond motifs is 4. The number of rotatable bonds is 5. The third-order valence-electron chi connectivity index (χ3n) is 7.72. The normalized spacial score (nSPS) is 13.2. The van der Waals surface area contributed by atoms with E-state index in [0.29, 0.717) is 11.7 Å². The maximum Gasteiger partial charge on any atom is 0.157 e. The zero-order valence-corrected chi connectivity index (χ0v) is 24.1. The van der Waals surface area contributed by atoms with Gasteiger partial charge in [-0.15, -0.1) is 11.3 Å². The van der Waals surface area contributed by atoms with Crippen LogP contribution in [0, 0.1) is 0 Å². The zero-order valence-electron chi connectivity index (χ0n) is 23.2. The Hall–Kier alpha value is -5.06. The molecule has 0 saturated carbocycles. The fourth-order valence-corrected chi connectivity index (χ4v) is 6.68. The molecule has 0 spiro atoms. The van der Waals surface area contributed by atoms with Crippen LogP contribution in [0.5, 0.6) is 0 Å². The van der Waals surface area contributed by atoms with Gasteiger partial charge in [0.2, 0.25) is 0 Å². The van der Waals surface area contributed by atoms with Gasteiger partial charge in [-0.05, 0) is 52.6 Å². The molecule has 4 heteroatoms. The van der Waals surface area contributed by atoms with Crippen LogP contribution in [0.1, 0.15) is 29.7 Å². The van der Waals surface area contributed by atoms with Crippen LogP contribution in [0.25, 0.3) is 42.1 Å². The molecule has 0 saturated heterocycles. The summed E-state index contributed by atoms with van der Waals surface area (Å²) >= 11 is 1.82. The van der Waals surface area contributed by atoms with Crippen molar-refractivity contribution in [1.82, 2.24) is 0 Å². The Kier molecular flexibility index (Phi) is 6.82. The lowest BCUT2D eigenvalue weighted by atomic mass is 9.99. The molecule has 7 rings (SSSR count). The molecule has 42 heavy (non-hydrogen) atoms. The molecular weight excluding hydrogens is 531 g/mol. The van der Waals surface area contributed by atoms with Crippen molar-refractivity contribution in [1.29, 1.82) is 0 Å². The Bertz CT molecular complexity index is 2100. The van der Waals surface area contributed by atoms with Gasteiger partial charge in [-0.2, -0.15) is 0 Å². The smallest absolute Gasteiger partial charge is 0.157 e. The Morgan fingerprint density at radius 1 is 0.619 bits per heavy atom. The van der Waals surface area contributed by atoms with Gasteiger partial charge < -0.3 is 5.73 Å². The summed E-state index contributed by atoms with van der Waals surface area (Å²) in [6.07, 6.45) is 0. The van der Waals surface area contributed by atoms with E-state index in [9.17, 15) is 0 Å². The standard InChI is InChI=1S/C38H29N3S/c1-25(32-15-9-17-35-36(32)33-14-7-8-16-34(33)42-35)40-38(41-37(39)28-11-3-2-4-12-28)29-21-18-27(19-22-29)31-23-20-26-10-5-6-13-30(26)24-31/h2-25H,1H3,(H2,39,40,41). The summed E-state index contributed by atoms with van der Waals surface area (Å²) in [5.41, 5.74) is 11.8. The van der Waals surface area contributed by atoms with Crippen molar-refractivity contribution in [2.45, 2.75) is 13.0 Å². The third-order valence-corrected chi connectivity index (χ3v) is 8.86. The van der Waals surface area contributed by atoms with Crippen molar-refractivity contribution in [3.05, 3.63) is 156 Å². The quantitative estimate of drug-likeness (QED) is 0.166. The van der Waals surface area contributed by atoms with Crippen molar-refractivity contribution in [3.8, 4) is 11.1 Å². The Morgan fingerprint density at radius 3 is 2.14 bits per heavy atom. The van der Waals surface area contributed by atoms with E-state index < -0.39 is 0 Å². The van der Waals surface area contributed by atoms with Gasteiger partial charge in [0.25, 0.3) is 0 Å². The van der Waals surface area contributed by atoms with Crippen LogP contribution in [0.3, 0.4) is 0 Å². The number of benzene rings is 6. The van der Waals surface area contributed by atoms with Gasteiger partial charge in [0, 0.05) is 31.3 Å². The summed E-state index contributed by atoms with van der Waals surface area (Å²) in [4.78, 5) is 10.1. The van der Waals surface area contributed by atoms with Crippen molar-refractivity contribution < 1.29 is 0 Å². The number of hydrogen-bond acceptors (Lipinski definition) is 2. The highest BCUT2D eigenvalue weighted by Gasteiger charge is 2.15. The van der Waals surface area contributed by atoms with Gasteiger partial charge in [0.15, 0.2) is 5.84 Å². The van der Waals surface area contributed by atoms with Crippen LogP contribution in [0.15, 0.2) is 150 Å². The summed E-state index contributed by atoms with van der Waals surface area (Å²) < 4.78 is 2.55. The summed E-state index contributed by atoms with van der Waals surface area (Å²) in [6.45, 7) is 2.14. The average molecular weight is 560 g/mol. The summed E-state index contributed by atoms with van der Waals surface area (Å²) in [5, 5.41) is 5.00. The zero-order chi connectivity index (χ0) is 28.5. The largest absolute Gasteiger partial charge is 0.383 e. The second kappa shape index (κ2) is 11.1. The van der Waals surface area contributed by atoms with E-state index in [1.54, 1.807) is 0 Å². The van der Waals surface area contributed by atoms with Crippen molar-refractivity contribution >= 4 is 54.0 Å². The van der Waals surface area contributed by atoms with Crippen LogP contribution >= 0.6 is 11.3 Å². The van der Waals surface area contributed by atoms with Crippen molar-refractivity contribution in [2.75, 3.05) is 0 Å². The van der Waals surface area contributed by atoms with Gasteiger partial charge in [-0.25, -0.2) is 4.99 Å². The molecule has 1 unspecified atom stereocenters. The number of nitrogens with zero attached hydrogens (tertiary/aromatic N) is 2. The lowest BCUT2D eigenvalue weighted by Gasteiger charge is -2.13. The number of nitrogens with two attached hydrogens (primary N) is 1. The van der Waals surface area contributed by atoms with Crippen LogP contribution in [0.4, 0.5) is 0 Å². The highest BCUT2D eigenvalue weighted by atomic mass is 32.1. The molecule has 0 aliphatic rings. The number of hydrogen-bond donors (Lipinski definition) is 1. The highest BCUT2D eigenvalue weighted by Crippen LogP contribution is 2.38. The van der Waals surface area contributed by atoms with E-state index >= 15 is 0 Å². The number of aliphatic imine (C=N–C) groups is 2. The van der Waals surface area contributed by atoms with E-state index in [4.69, 9.17) is 15.7 Å². The van der Waals surface area contributed by atoms with Gasteiger partial charge in [-0.1, -0.05) is 121 Å². The molecule has 2 N–H and O–H groups in total. The molecule has 0 fully saturated rings. The van der Waals surface area contributed by atoms with Crippen molar-refractivity contribution in [3.63, 3.8) is 0 Å². The minimum Gasteiger partial charge on any atom is -0.383 e. The van der Waals surface area contributed by atoms with Crippen LogP contribution in [-0.4, -0.2) is 11.7 Å². The number of amidine groups is 2. The van der Waals surface area contributed by atoms with E-state index in [2.05, 4.69) is 116 Å². The van der Waals surface area contributed by atoms with Gasteiger partial charge in [0.1, 0.15) is 5.84 Å². The molecule has 0 aliphatic heterocycles. The molecule has 1 heterocycles. The fourth-order valence-electron chi connectivity index (χ4n) is 5.54. The third kappa shape index (κ3) is 4.98. The fraction of sp³-hybridized carbons (Fsp3) is 0.0526.